The molecule has 2 aromatic rings. The lowest BCUT2D eigenvalue weighted by Crippen LogP contribution is -2.41. The number of halogens is 3. The van der Waals surface area contributed by atoms with Gasteiger partial charge in [-0.2, -0.15) is 18.4 Å². The number of aromatic amines is 1. The first-order chi connectivity index (χ1) is 14.4. The maximum Gasteiger partial charge on any atom is 0.416 e. The summed E-state index contributed by atoms with van der Waals surface area (Å²) < 4.78 is 46.7. The Morgan fingerprint density at radius 3 is 2.58 bits per heavy atom. The number of aromatic nitrogens is 2. The number of benzene rings is 1. The molecule has 1 aromatic carbocycles. The molecule has 1 atom stereocenters. The molecule has 0 bridgehead atoms. The zero-order valence-electron chi connectivity index (χ0n) is 17.0. The third-order valence-corrected chi connectivity index (χ3v) is 5.31. The van der Waals surface area contributed by atoms with E-state index < -0.39 is 29.0 Å². The number of carbonyl (C=O) groups is 1. The number of allylic oxidation sites excluding steroid dienone is 1. The molecule has 1 amide bonds. The molecule has 0 spiro atoms. The van der Waals surface area contributed by atoms with Crippen LogP contribution in [0.15, 0.2) is 35.7 Å². The van der Waals surface area contributed by atoms with Crippen molar-refractivity contribution in [2.24, 2.45) is 17.4 Å². The van der Waals surface area contributed by atoms with E-state index in [9.17, 15) is 23.2 Å². The predicted molar refractivity (Wildman–Crippen MR) is 106 cm³/mol. The minimum absolute atomic E-state index is 0.0244. The van der Waals surface area contributed by atoms with Gasteiger partial charge >= 0.3 is 6.18 Å². The molecule has 1 aliphatic heterocycles. The van der Waals surface area contributed by atoms with Gasteiger partial charge in [0.05, 0.1) is 16.5 Å². The van der Waals surface area contributed by atoms with Crippen LogP contribution >= 0.6 is 0 Å². The van der Waals surface area contributed by atoms with Gasteiger partial charge in [0.25, 0.3) is 0 Å². The van der Waals surface area contributed by atoms with Crippen molar-refractivity contribution in [2.75, 3.05) is 0 Å². The Kier molecular flexibility index (Phi) is 5.31. The molecule has 1 unspecified atom stereocenters. The zero-order valence-corrected chi connectivity index (χ0v) is 17.0. The summed E-state index contributed by atoms with van der Waals surface area (Å²) >= 11 is 0. The number of nitrogens with zero attached hydrogens (tertiary/aromatic N) is 2. The van der Waals surface area contributed by atoms with Crippen molar-refractivity contribution < 1.29 is 22.7 Å². The maximum absolute atomic E-state index is 13.8. The van der Waals surface area contributed by atoms with Gasteiger partial charge in [0, 0.05) is 11.8 Å². The minimum Gasteiger partial charge on any atom is -0.420 e. The molecule has 0 radical (unpaired) electrons. The summed E-state index contributed by atoms with van der Waals surface area (Å²) in [4.78, 5) is 11.1. The number of alkyl halides is 3. The number of nitriles is 1. The fourth-order valence-electron chi connectivity index (χ4n) is 4.08. The molecule has 0 aliphatic carbocycles. The maximum atomic E-state index is 13.8. The van der Waals surface area contributed by atoms with Crippen LogP contribution in [0.4, 0.5) is 13.2 Å². The van der Waals surface area contributed by atoms with Crippen molar-refractivity contribution in [3.8, 4) is 11.9 Å². The van der Waals surface area contributed by atoms with E-state index in [1.165, 1.54) is 12.1 Å². The van der Waals surface area contributed by atoms with E-state index >= 15 is 0 Å². The number of aryl methyl sites for hydroxylation is 1. The van der Waals surface area contributed by atoms with Crippen LogP contribution in [0.25, 0.3) is 6.08 Å². The van der Waals surface area contributed by atoms with Gasteiger partial charge in [-0.15, -0.1) is 5.10 Å². The predicted octanol–water partition coefficient (Wildman–Crippen LogP) is 3.26. The number of fused-ring (bicyclic) bond motifs is 1. The first kappa shape index (κ1) is 22.0. The molecule has 0 fully saturated rings. The van der Waals surface area contributed by atoms with E-state index in [-0.39, 0.29) is 28.5 Å². The summed E-state index contributed by atoms with van der Waals surface area (Å²) in [5, 5.41) is 16.8. The van der Waals surface area contributed by atoms with Crippen LogP contribution in [0.1, 0.15) is 41.8 Å². The van der Waals surface area contributed by atoms with Crippen LogP contribution in [-0.2, 0) is 16.4 Å². The van der Waals surface area contributed by atoms with Crippen LogP contribution < -0.4 is 16.2 Å². The van der Waals surface area contributed by atoms with Gasteiger partial charge < -0.3 is 16.2 Å². The number of hydrogen-bond donors (Lipinski definition) is 3. The first-order valence-electron chi connectivity index (χ1n) is 9.26. The number of rotatable bonds is 4. The Morgan fingerprint density at radius 1 is 1.35 bits per heavy atom. The van der Waals surface area contributed by atoms with E-state index in [4.69, 9.17) is 16.2 Å². The molecule has 2 heterocycles. The van der Waals surface area contributed by atoms with Gasteiger partial charge in [-0.05, 0) is 42.2 Å². The van der Waals surface area contributed by atoms with E-state index in [1.807, 2.05) is 6.07 Å². The summed E-state index contributed by atoms with van der Waals surface area (Å²) in [6, 6.07) is 5.38. The highest BCUT2D eigenvalue weighted by Crippen LogP contribution is 2.53. The quantitative estimate of drug-likeness (QED) is 0.640. The smallest absolute Gasteiger partial charge is 0.416 e. The number of H-pyrrole nitrogens is 1. The van der Waals surface area contributed by atoms with Crippen molar-refractivity contribution in [1.29, 1.82) is 5.26 Å². The molecule has 162 valence electrons. The van der Waals surface area contributed by atoms with Gasteiger partial charge in [0.1, 0.15) is 11.6 Å². The molecule has 3 rings (SSSR count). The van der Waals surface area contributed by atoms with Gasteiger partial charge in [-0.1, -0.05) is 19.9 Å². The summed E-state index contributed by atoms with van der Waals surface area (Å²) in [6.07, 6.45) is -2.52. The molecule has 1 aliphatic rings. The van der Waals surface area contributed by atoms with Crippen LogP contribution in [0, 0.1) is 24.2 Å². The lowest BCUT2D eigenvalue weighted by molar-refractivity contribution is -0.137. The molecule has 5 N–H and O–H groups in total. The molecule has 0 saturated carbocycles. The van der Waals surface area contributed by atoms with Gasteiger partial charge in [0.2, 0.25) is 17.7 Å². The topological polar surface area (TPSA) is 131 Å². The van der Waals surface area contributed by atoms with Gasteiger partial charge in [-0.25, -0.2) is 0 Å². The second-order valence-electron chi connectivity index (χ2n) is 7.52. The molecule has 10 heteroatoms. The Hall–Kier alpha value is -3.74. The highest BCUT2D eigenvalue weighted by atomic mass is 19.4. The van der Waals surface area contributed by atoms with Crippen LogP contribution in [0.5, 0.6) is 5.88 Å². The van der Waals surface area contributed by atoms with Gasteiger partial charge in [0.15, 0.2) is 0 Å². The van der Waals surface area contributed by atoms with Crippen LogP contribution in [0.2, 0.25) is 0 Å². The highest BCUT2D eigenvalue weighted by Gasteiger charge is 2.51. The lowest BCUT2D eigenvalue weighted by Gasteiger charge is -2.41. The Morgan fingerprint density at radius 2 is 2.03 bits per heavy atom. The number of amides is 1. The third-order valence-electron chi connectivity index (χ3n) is 5.31. The SMILES string of the molecule is Cc1[nH]nc2c1C(c1cc(C=CC(N)=O)cc(C(F)(F)F)c1)(C(C)C)C(C#N)=C(N)O2. The zero-order chi connectivity index (χ0) is 23.1. The number of primary amides is 1. The monoisotopic (exact) mass is 431 g/mol. The first-order valence-corrected chi connectivity index (χ1v) is 9.26. The largest absolute Gasteiger partial charge is 0.420 e. The Bertz CT molecular complexity index is 1150. The van der Waals surface area contributed by atoms with Crippen LogP contribution in [-0.4, -0.2) is 16.1 Å². The van der Waals surface area contributed by atoms with Crippen molar-refractivity contribution in [1.82, 2.24) is 10.2 Å². The fourth-order valence-corrected chi connectivity index (χ4v) is 4.08. The molecular weight excluding hydrogens is 411 g/mol. The van der Waals surface area contributed by atoms with Crippen LogP contribution in [0.3, 0.4) is 0 Å². The molecule has 7 nitrogen and oxygen atoms in total. The third kappa shape index (κ3) is 3.52. The average molecular weight is 431 g/mol. The average Bonchev–Trinajstić information content (AvgIpc) is 3.04. The number of carbonyl (C=O) groups excluding carboxylic acids is 1. The second kappa shape index (κ2) is 7.50. The van der Waals surface area contributed by atoms with E-state index in [2.05, 4.69) is 10.2 Å². The molecule has 1 aromatic heterocycles. The van der Waals surface area contributed by atoms with E-state index in [0.717, 1.165) is 18.2 Å². The second-order valence-corrected chi connectivity index (χ2v) is 7.52. The molecule has 0 saturated heterocycles. The number of ether oxygens (including phenoxy) is 1. The standard InChI is InChI=1S/C21H20F3N5O2/c1-10(2)20(15(9-25)18(27)31-19-17(20)11(3)28-29-19)13-6-12(4-5-16(26)30)7-14(8-13)21(22,23)24/h4-8,10H,27H2,1-3H3,(H2,26,30)(H,28,29). The van der Waals surface area contributed by atoms with Crippen molar-refractivity contribution in [3.63, 3.8) is 0 Å². The summed E-state index contributed by atoms with van der Waals surface area (Å²) in [5.41, 5.74) is 9.98. The number of hydrogen-bond acceptors (Lipinski definition) is 5. The molecule has 31 heavy (non-hydrogen) atoms. The summed E-state index contributed by atoms with van der Waals surface area (Å²) in [7, 11) is 0. The summed E-state index contributed by atoms with van der Waals surface area (Å²) in [6.45, 7) is 5.22. The number of nitrogens with one attached hydrogen (secondary N) is 1. The van der Waals surface area contributed by atoms with Crippen molar-refractivity contribution in [3.05, 3.63) is 63.7 Å². The van der Waals surface area contributed by atoms with E-state index in [0.29, 0.717) is 11.3 Å². The molecular formula is C21H20F3N5O2. The van der Waals surface area contributed by atoms with Crippen molar-refractivity contribution in [2.45, 2.75) is 32.4 Å². The fraction of sp³-hybridized carbons (Fsp3) is 0.286. The van der Waals surface area contributed by atoms with Gasteiger partial charge in [-0.3, -0.25) is 9.89 Å². The summed E-state index contributed by atoms with van der Waals surface area (Å²) in [5.74, 6) is -1.37. The van der Waals surface area contributed by atoms with E-state index in [1.54, 1.807) is 20.8 Å². The number of nitrogens with two attached hydrogens (primary N) is 2. The highest BCUT2D eigenvalue weighted by molar-refractivity contribution is 5.90. The normalized spacial score (nSPS) is 18.8. The van der Waals surface area contributed by atoms with Crippen molar-refractivity contribution >= 4 is 12.0 Å². The Labute approximate surface area is 176 Å². The Balaban J connectivity index is 2.47. The lowest BCUT2D eigenvalue weighted by atomic mass is 9.61. The minimum atomic E-state index is -4.68.